The van der Waals surface area contributed by atoms with Gasteiger partial charge in [-0.2, -0.15) is 0 Å². The Bertz CT molecular complexity index is 1080. The molecule has 2 aromatic rings. The minimum absolute atomic E-state index is 0.0101. The summed E-state index contributed by atoms with van der Waals surface area (Å²) in [6, 6.07) is 8.19. The lowest BCUT2D eigenvalue weighted by molar-refractivity contribution is -0.130. The number of benzene rings is 1. The minimum atomic E-state index is -0.106. The van der Waals surface area contributed by atoms with Gasteiger partial charge in [-0.1, -0.05) is 0 Å². The number of ether oxygens (including phenoxy) is 2. The lowest BCUT2D eigenvalue weighted by Gasteiger charge is -2.30. The van der Waals surface area contributed by atoms with Gasteiger partial charge in [0.2, 0.25) is 18.6 Å². The van der Waals surface area contributed by atoms with Crippen LogP contribution in [0.5, 0.6) is 11.5 Å². The number of aryl methyl sites for hydroxylation is 1. The van der Waals surface area contributed by atoms with Crippen LogP contribution in [0.3, 0.4) is 0 Å². The van der Waals surface area contributed by atoms with Crippen LogP contribution in [0.2, 0.25) is 0 Å². The third kappa shape index (κ3) is 4.11. The third-order valence-electron chi connectivity index (χ3n) is 6.66. The summed E-state index contributed by atoms with van der Waals surface area (Å²) in [5.74, 6) is 1.23. The van der Waals surface area contributed by atoms with Crippen molar-refractivity contribution in [2.75, 3.05) is 25.2 Å². The maximum absolute atomic E-state index is 12.7. The Morgan fingerprint density at radius 3 is 2.53 bits per heavy atom. The highest BCUT2D eigenvalue weighted by molar-refractivity contribution is 5.94. The summed E-state index contributed by atoms with van der Waals surface area (Å²) in [4.78, 5) is 27.2. The van der Waals surface area contributed by atoms with Crippen LogP contribution in [-0.4, -0.2) is 41.2 Å². The Kier molecular flexibility index (Phi) is 5.41. The van der Waals surface area contributed by atoms with E-state index in [-0.39, 0.29) is 24.5 Å². The summed E-state index contributed by atoms with van der Waals surface area (Å²) in [5, 5.41) is 2.97. The molecule has 2 fully saturated rings. The topological polar surface area (TPSA) is 72.8 Å². The van der Waals surface area contributed by atoms with Crippen LogP contribution in [0.1, 0.15) is 48.7 Å². The summed E-state index contributed by atoms with van der Waals surface area (Å²) < 4.78 is 13.1. The predicted octanol–water partition coefficient (Wildman–Crippen LogP) is 4.06. The number of aromatic nitrogens is 1. The first-order chi connectivity index (χ1) is 15.5. The van der Waals surface area contributed by atoms with Gasteiger partial charge >= 0.3 is 0 Å². The van der Waals surface area contributed by atoms with Crippen LogP contribution < -0.4 is 14.8 Å². The maximum Gasteiger partial charge on any atom is 0.246 e. The van der Waals surface area contributed by atoms with Crippen LogP contribution in [0.4, 0.5) is 5.69 Å². The molecule has 0 spiro atoms. The van der Waals surface area contributed by atoms with Crippen molar-refractivity contribution in [3.8, 4) is 11.5 Å². The van der Waals surface area contributed by atoms with Crippen LogP contribution in [0.15, 0.2) is 30.3 Å². The molecule has 3 heterocycles. The van der Waals surface area contributed by atoms with Crippen molar-refractivity contribution in [1.29, 1.82) is 0 Å². The number of nitrogens with one attached hydrogen (secondary N) is 1. The molecule has 3 aliphatic rings. The number of likely N-dealkylation sites (tertiary alicyclic amines) is 1. The molecule has 0 atom stereocenters. The molecule has 5 rings (SSSR count). The van der Waals surface area contributed by atoms with E-state index in [2.05, 4.69) is 29.8 Å². The van der Waals surface area contributed by atoms with Gasteiger partial charge in [0.15, 0.2) is 11.5 Å². The molecule has 0 bridgehead atoms. The number of carbonyl (C=O) groups is 2. The summed E-state index contributed by atoms with van der Waals surface area (Å²) >= 11 is 0. The smallest absolute Gasteiger partial charge is 0.246 e. The second kappa shape index (κ2) is 8.37. The van der Waals surface area contributed by atoms with Gasteiger partial charge in [0.25, 0.3) is 0 Å². The molecule has 1 N–H and O–H groups in total. The molecule has 0 radical (unpaired) electrons. The lowest BCUT2D eigenvalue weighted by Crippen LogP contribution is -2.40. The summed E-state index contributed by atoms with van der Waals surface area (Å²) in [7, 11) is 0. The van der Waals surface area contributed by atoms with Crippen molar-refractivity contribution in [2.24, 2.45) is 5.92 Å². The first kappa shape index (κ1) is 20.7. The lowest BCUT2D eigenvalue weighted by atomic mass is 9.95. The van der Waals surface area contributed by atoms with E-state index in [0.717, 1.165) is 5.56 Å². The number of hydrogen-bond acceptors (Lipinski definition) is 4. The third-order valence-corrected chi connectivity index (χ3v) is 6.66. The zero-order chi connectivity index (χ0) is 22.2. The standard InChI is InChI=1S/C25H29N3O4/c1-16-13-19(17(2)28(16)21-5-6-21)3-8-24(29)27-11-9-18(10-12-27)25(30)26-20-4-7-22-23(14-20)32-15-31-22/h3-4,7-8,13-14,18,21H,5-6,9-12,15H2,1-2H3,(H,26,30)/b8-3+. The summed E-state index contributed by atoms with van der Waals surface area (Å²) in [6.07, 6.45) is 7.41. The fourth-order valence-electron chi connectivity index (χ4n) is 4.71. The second-order valence-corrected chi connectivity index (χ2v) is 8.92. The van der Waals surface area contributed by atoms with Crippen molar-refractivity contribution >= 4 is 23.6 Å². The zero-order valence-electron chi connectivity index (χ0n) is 18.6. The van der Waals surface area contributed by atoms with Crippen molar-refractivity contribution in [1.82, 2.24) is 9.47 Å². The van der Waals surface area contributed by atoms with Gasteiger partial charge < -0.3 is 24.3 Å². The van der Waals surface area contributed by atoms with Crippen molar-refractivity contribution < 1.29 is 19.1 Å². The van der Waals surface area contributed by atoms with E-state index in [1.54, 1.807) is 18.2 Å². The normalized spacial score (nSPS) is 18.4. The Morgan fingerprint density at radius 1 is 1.03 bits per heavy atom. The highest BCUT2D eigenvalue weighted by Gasteiger charge is 2.28. The largest absolute Gasteiger partial charge is 0.454 e. The average molecular weight is 436 g/mol. The molecule has 7 nitrogen and oxygen atoms in total. The van der Waals surface area contributed by atoms with E-state index >= 15 is 0 Å². The van der Waals surface area contributed by atoms with E-state index < -0.39 is 0 Å². The van der Waals surface area contributed by atoms with Gasteiger partial charge in [0.1, 0.15) is 0 Å². The van der Waals surface area contributed by atoms with Crippen LogP contribution in [-0.2, 0) is 9.59 Å². The van der Waals surface area contributed by atoms with Gasteiger partial charge in [-0.3, -0.25) is 9.59 Å². The van der Waals surface area contributed by atoms with Crippen molar-refractivity contribution in [3.63, 3.8) is 0 Å². The molecule has 0 unspecified atom stereocenters. The summed E-state index contributed by atoms with van der Waals surface area (Å²) in [5.41, 5.74) is 4.30. The van der Waals surface area contributed by atoms with E-state index in [0.29, 0.717) is 49.2 Å². The fourth-order valence-corrected chi connectivity index (χ4v) is 4.71. The van der Waals surface area contributed by atoms with Gasteiger partial charge in [0.05, 0.1) is 0 Å². The summed E-state index contributed by atoms with van der Waals surface area (Å²) in [6.45, 7) is 5.63. The van der Waals surface area contributed by atoms with E-state index in [1.807, 2.05) is 17.0 Å². The van der Waals surface area contributed by atoms with Crippen LogP contribution >= 0.6 is 0 Å². The highest BCUT2D eigenvalue weighted by atomic mass is 16.7. The molecular formula is C25H29N3O4. The van der Waals surface area contributed by atoms with Gasteiger partial charge in [-0.25, -0.2) is 0 Å². The molecular weight excluding hydrogens is 406 g/mol. The number of hydrogen-bond donors (Lipinski definition) is 1. The molecule has 2 amide bonds. The monoisotopic (exact) mass is 435 g/mol. The van der Waals surface area contributed by atoms with Crippen LogP contribution in [0, 0.1) is 19.8 Å². The fraction of sp³-hybridized carbons (Fsp3) is 0.440. The molecule has 1 aromatic carbocycles. The van der Waals surface area contributed by atoms with Gasteiger partial charge in [-0.15, -0.1) is 0 Å². The number of nitrogens with zero attached hydrogens (tertiary/aromatic N) is 2. The molecule has 168 valence electrons. The number of amides is 2. The number of fused-ring (bicyclic) bond motifs is 1. The predicted molar refractivity (Wildman–Crippen MR) is 122 cm³/mol. The van der Waals surface area contributed by atoms with E-state index in [4.69, 9.17) is 9.47 Å². The van der Waals surface area contributed by atoms with Crippen LogP contribution in [0.25, 0.3) is 6.08 Å². The number of piperidine rings is 1. The molecule has 1 saturated heterocycles. The Balaban J connectivity index is 1.14. The van der Waals surface area contributed by atoms with Crippen molar-refractivity contribution in [2.45, 2.75) is 45.6 Å². The molecule has 1 aliphatic carbocycles. The maximum atomic E-state index is 12.7. The molecule has 7 heteroatoms. The Hall–Kier alpha value is -3.22. The number of carbonyl (C=O) groups excluding carboxylic acids is 2. The first-order valence-corrected chi connectivity index (χ1v) is 11.4. The average Bonchev–Trinajstić information content (AvgIpc) is 3.44. The SMILES string of the molecule is Cc1cc(/C=C/C(=O)N2CCC(C(=O)Nc3ccc4c(c3)OCO4)CC2)c(C)n1C1CC1. The van der Waals surface area contributed by atoms with Gasteiger partial charge in [0, 0.05) is 54.3 Å². The van der Waals surface area contributed by atoms with Crippen molar-refractivity contribution in [3.05, 3.63) is 47.3 Å². The number of rotatable bonds is 5. The molecule has 2 aliphatic heterocycles. The number of anilines is 1. The molecule has 1 aromatic heterocycles. The molecule has 32 heavy (non-hydrogen) atoms. The van der Waals surface area contributed by atoms with Gasteiger partial charge in [-0.05, 0) is 69.4 Å². The quantitative estimate of drug-likeness (QED) is 0.719. The highest BCUT2D eigenvalue weighted by Crippen LogP contribution is 2.38. The zero-order valence-corrected chi connectivity index (χ0v) is 18.6. The van der Waals surface area contributed by atoms with E-state index in [1.165, 1.54) is 24.2 Å². The molecule has 1 saturated carbocycles. The Labute approximate surface area is 188 Å². The minimum Gasteiger partial charge on any atom is -0.454 e. The van der Waals surface area contributed by atoms with E-state index in [9.17, 15) is 9.59 Å². The first-order valence-electron chi connectivity index (χ1n) is 11.4. The Morgan fingerprint density at radius 2 is 1.78 bits per heavy atom. The second-order valence-electron chi connectivity index (χ2n) is 8.92.